The highest BCUT2D eigenvalue weighted by Gasteiger charge is 2.27. The van der Waals surface area contributed by atoms with E-state index in [1.807, 2.05) is 0 Å². The summed E-state index contributed by atoms with van der Waals surface area (Å²) in [5, 5.41) is 15.2. The predicted molar refractivity (Wildman–Crippen MR) is 70.7 cm³/mol. The summed E-state index contributed by atoms with van der Waals surface area (Å²) in [6.07, 6.45) is -0.584. The third kappa shape index (κ3) is 2.91. The van der Waals surface area contributed by atoms with Gasteiger partial charge in [0.15, 0.2) is 0 Å². The lowest BCUT2D eigenvalue weighted by atomic mass is 10.1. The highest BCUT2D eigenvalue weighted by atomic mass is 16.3. The fourth-order valence-corrected chi connectivity index (χ4v) is 2.01. The van der Waals surface area contributed by atoms with E-state index in [1.54, 1.807) is 31.3 Å². The molecule has 1 aliphatic heterocycles. The quantitative estimate of drug-likeness (QED) is 0.634. The fourth-order valence-electron chi connectivity index (χ4n) is 2.01. The molecule has 0 aromatic heterocycles. The van der Waals surface area contributed by atoms with Crippen LogP contribution in [0.5, 0.6) is 0 Å². The molecule has 19 heavy (non-hydrogen) atoms. The van der Waals surface area contributed by atoms with Gasteiger partial charge in [-0.3, -0.25) is 9.59 Å². The van der Waals surface area contributed by atoms with Crippen LogP contribution in [0.4, 0.5) is 5.69 Å². The van der Waals surface area contributed by atoms with Crippen molar-refractivity contribution in [1.82, 2.24) is 10.6 Å². The molecule has 1 heterocycles. The van der Waals surface area contributed by atoms with Crippen molar-refractivity contribution in [3.63, 3.8) is 0 Å². The Kier molecular flexibility index (Phi) is 4.13. The van der Waals surface area contributed by atoms with E-state index in [9.17, 15) is 14.7 Å². The van der Waals surface area contributed by atoms with Crippen LogP contribution >= 0.6 is 0 Å². The molecular formula is C13H17N3O3. The zero-order chi connectivity index (χ0) is 13.8. The van der Waals surface area contributed by atoms with E-state index in [1.165, 1.54) is 4.90 Å². The van der Waals surface area contributed by atoms with Gasteiger partial charge in [-0.2, -0.15) is 0 Å². The second-order valence-electron chi connectivity index (χ2n) is 4.38. The first-order valence-corrected chi connectivity index (χ1v) is 6.16. The van der Waals surface area contributed by atoms with Gasteiger partial charge in [0.1, 0.15) is 0 Å². The molecule has 6 nitrogen and oxygen atoms in total. The van der Waals surface area contributed by atoms with Crippen molar-refractivity contribution in [3.8, 4) is 0 Å². The van der Waals surface area contributed by atoms with Crippen molar-refractivity contribution in [2.24, 2.45) is 0 Å². The van der Waals surface area contributed by atoms with E-state index < -0.39 is 17.9 Å². The highest BCUT2D eigenvalue weighted by Crippen LogP contribution is 2.20. The van der Waals surface area contributed by atoms with Crippen molar-refractivity contribution in [2.75, 3.05) is 31.6 Å². The Labute approximate surface area is 111 Å². The van der Waals surface area contributed by atoms with Gasteiger partial charge in [-0.1, -0.05) is 12.1 Å². The van der Waals surface area contributed by atoms with Gasteiger partial charge >= 0.3 is 11.8 Å². The van der Waals surface area contributed by atoms with Crippen LogP contribution in [0.25, 0.3) is 0 Å². The van der Waals surface area contributed by atoms with Crippen molar-refractivity contribution in [1.29, 1.82) is 0 Å². The van der Waals surface area contributed by atoms with Gasteiger partial charge in [-0.05, 0) is 24.7 Å². The third-order valence-electron chi connectivity index (χ3n) is 3.05. The van der Waals surface area contributed by atoms with Crippen LogP contribution in [0.3, 0.4) is 0 Å². The lowest BCUT2D eigenvalue weighted by Crippen LogP contribution is -2.52. The van der Waals surface area contributed by atoms with Crippen molar-refractivity contribution in [3.05, 3.63) is 29.8 Å². The molecule has 1 saturated heterocycles. The van der Waals surface area contributed by atoms with Gasteiger partial charge in [-0.25, -0.2) is 0 Å². The summed E-state index contributed by atoms with van der Waals surface area (Å²) >= 11 is 0. The van der Waals surface area contributed by atoms with Gasteiger partial charge in [-0.15, -0.1) is 0 Å². The molecule has 0 spiro atoms. The Morgan fingerprint density at radius 3 is 2.68 bits per heavy atom. The van der Waals surface area contributed by atoms with Gasteiger partial charge in [0.05, 0.1) is 6.10 Å². The molecule has 1 aromatic rings. The minimum absolute atomic E-state index is 0.453. The van der Waals surface area contributed by atoms with Crippen molar-refractivity contribution < 1.29 is 14.7 Å². The molecule has 1 aliphatic rings. The summed E-state index contributed by atoms with van der Waals surface area (Å²) in [7, 11) is 1.77. The van der Waals surface area contributed by atoms with E-state index in [0.717, 1.165) is 5.56 Å². The normalized spacial score (nSPS) is 17.3. The number of piperazine rings is 1. The largest absolute Gasteiger partial charge is 0.387 e. The number of hydrogen-bond donors (Lipinski definition) is 3. The molecule has 3 N–H and O–H groups in total. The van der Waals surface area contributed by atoms with Crippen molar-refractivity contribution in [2.45, 2.75) is 6.10 Å². The van der Waals surface area contributed by atoms with E-state index in [4.69, 9.17) is 0 Å². The summed E-state index contributed by atoms with van der Waals surface area (Å²) in [6, 6.07) is 7.00. The van der Waals surface area contributed by atoms with Crippen LogP contribution in [-0.4, -0.2) is 43.6 Å². The standard InChI is InChI=1S/C13H17N3O3/c1-14-8-11(17)9-2-4-10(5-3-9)16-7-6-15-12(18)13(16)19/h2-5,11,14,17H,6-8H2,1H3,(H,15,18). The smallest absolute Gasteiger partial charge is 0.316 e. The second kappa shape index (κ2) is 5.81. The van der Waals surface area contributed by atoms with E-state index in [0.29, 0.717) is 25.3 Å². The molecule has 0 aliphatic carbocycles. The first kappa shape index (κ1) is 13.5. The Bertz CT molecular complexity index is 473. The number of carbonyl (C=O) groups excluding carboxylic acids is 2. The number of benzene rings is 1. The molecule has 1 atom stereocenters. The maximum atomic E-state index is 11.7. The minimum Gasteiger partial charge on any atom is -0.387 e. The lowest BCUT2D eigenvalue weighted by Gasteiger charge is -2.26. The zero-order valence-corrected chi connectivity index (χ0v) is 10.7. The Balaban J connectivity index is 2.13. The van der Waals surface area contributed by atoms with Crippen LogP contribution < -0.4 is 15.5 Å². The lowest BCUT2D eigenvalue weighted by molar-refractivity contribution is -0.138. The number of aliphatic hydroxyl groups is 1. The third-order valence-corrected chi connectivity index (χ3v) is 3.05. The van der Waals surface area contributed by atoms with Gasteiger partial charge in [0, 0.05) is 25.3 Å². The fraction of sp³-hybridized carbons (Fsp3) is 0.385. The molecule has 6 heteroatoms. The van der Waals surface area contributed by atoms with E-state index in [-0.39, 0.29) is 0 Å². The first-order valence-electron chi connectivity index (χ1n) is 6.16. The average Bonchev–Trinajstić information content (AvgIpc) is 2.42. The van der Waals surface area contributed by atoms with Gasteiger partial charge in [0.2, 0.25) is 0 Å². The second-order valence-corrected chi connectivity index (χ2v) is 4.38. The summed E-state index contributed by atoms with van der Waals surface area (Å²) in [6.45, 7) is 1.38. The summed E-state index contributed by atoms with van der Waals surface area (Å²) in [5.74, 6) is -1.12. The van der Waals surface area contributed by atoms with Crippen LogP contribution in [0.2, 0.25) is 0 Å². The molecule has 2 amide bonds. The maximum absolute atomic E-state index is 11.7. The molecule has 1 unspecified atom stereocenters. The number of carbonyl (C=O) groups is 2. The SMILES string of the molecule is CNCC(O)c1ccc(N2CCNC(=O)C2=O)cc1. The highest BCUT2D eigenvalue weighted by molar-refractivity contribution is 6.41. The molecule has 0 radical (unpaired) electrons. The van der Waals surface area contributed by atoms with Crippen molar-refractivity contribution >= 4 is 17.5 Å². The summed E-state index contributed by atoms with van der Waals surface area (Å²) < 4.78 is 0. The molecule has 1 fully saturated rings. The molecule has 102 valence electrons. The molecule has 2 rings (SSSR count). The first-order chi connectivity index (χ1) is 9.13. The Morgan fingerprint density at radius 1 is 1.37 bits per heavy atom. The number of aliphatic hydroxyl groups excluding tert-OH is 1. The van der Waals surface area contributed by atoms with Gasteiger partial charge < -0.3 is 20.6 Å². The number of nitrogens with one attached hydrogen (secondary N) is 2. The number of rotatable bonds is 4. The molecule has 0 saturated carbocycles. The average molecular weight is 263 g/mol. The number of hydrogen-bond acceptors (Lipinski definition) is 4. The molecule has 1 aromatic carbocycles. The van der Waals surface area contributed by atoms with Gasteiger partial charge in [0.25, 0.3) is 0 Å². The molecule has 0 bridgehead atoms. The molecular weight excluding hydrogens is 246 g/mol. The van der Waals surface area contributed by atoms with E-state index >= 15 is 0 Å². The summed E-state index contributed by atoms with van der Waals surface area (Å²) in [5.41, 5.74) is 1.44. The topological polar surface area (TPSA) is 81.7 Å². The van der Waals surface area contributed by atoms with Crippen LogP contribution in [0.15, 0.2) is 24.3 Å². The van der Waals surface area contributed by atoms with Crippen LogP contribution in [0.1, 0.15) is 11.7 Å². The number of anilines is 1. The number of nitrogens with zero attached hydrogens (tertiary/aromatic N) is 1. The monoisotopic (exact) mass is 263 g/mol. The Morgan fingerprint density at radius 2 is 2.05 bits per heavy atom. The van der Waals surface area contributed by atoms with Crippen LogP contribution in [-0.2, 0) is 9.59 Å². The number of amides is 2. The zero-order valence-electron chi connectivity index (χ0n) is 10.7. The minimum atomic E-state index is -0.584. The van der Waals surface area contributed by atoms with E-state index in [2.05, 4.69) is 10.6 Å². The Hall–Kier alpha value is -1.92. The maximum Gasteiger partial charge on any atom is 0.316 e. The predicted octanol–water partition coefficient (Wildman–Crippen LogP) is -0.598. The van der Waals surface area contributed by atoms with Crippen LogP contribution in [0, 0.1) is 0 Å². The summed E-state index contributed by atoms with van der Waals surface area (Å²) in [4.78, 5) is 24.4. The number of likely N-dealkylation sites (N-methyl/N-ethyl adjacent to an activating group) is 1.